The molecule has 0 saturated heterocycles. The van der Waals surface area contributed by atoms with Gasteiger partial charge in [-0.2, -0.15) is 5.10 Å². The van der Waals surface area contributed by atoms with Crippen molar-refractivity contribution in [3.8, 4) is 11.3 Å². The van der Waals surface area contributed by atoms with Gasteiger partial charge in [0.25, 0.3) is 0 Å². The van der Waals surface area contributed by atoms with E-state index in [-0.39, 0.29) is 0 Å². The average Bonchev–Trinajstić information content (AvgIpc) is 3.12. The van der Waals surface area contributed by atoms with Crippen molar-refractivity contribution in [3.63, 3.8) is 0 Å². The molecule has 0 aliphatic heterocycles. The number of carbonyl (C=O) groups excluding carboxylic acids is 2. The summed E-state index contributed by atoms with van der Waals surface area (Å²) in [5, 5.41) is 6.82. The molecule has 0 atom stereocenters. The molecule has 27 heavy (non-hydrogen) atoms. The van der Waals surface area contributed by atoms with Gasteiger partial charge in [0, 0.05) is 15.1 Å². The quantitative estimate of drug-likeness (QED) is 0.353. The van der Waals surface area contributed by atoms with E-state index in [4.69, 9.17) is 16.0 Å². The molecule has 8 heteroatoms. The molecule has 2 N–H and O–H groups in total. The van der Waals surface area contributed by atoms with Gasteiger partial charge >= 0.3 is 11.8 Å². The fraction of sp³-hybridized carbons (Fsp3) is 0. The lowest BCUT2D eigenvalue weighted by atomic mass is 10.2. The molecule has 3 rings (SSSR count). The first-order valence-electron chi connectivity index (χ1n) is 7.77. The molecule has 0 spiro atoms. The van der Waals surface area contributed by atoms with Crippen LogP contribution in [0.5, 0.6) is 0 Å². The molecular weight excluding hydrogens is 434 g/mol. The SMILES string of the molecule is O=C(N/N=C/c1ccc(-c2cccc(Cl)c2)o1)C(=O)Nc1ccccc1Br. The van der Waals surface area contributed by atoms with Gasteiger partial charge in [-0.1, -0.05) is 35.9 Å². The number of furan rings is 1. The Balaban J connectivity index is 1.58. The van der Waals surface area contributed by atoms with Crippen molar-refractivity contribution in [2.24, 2.45) is 5.10 Å². The Kier molecular flexibility index (Phi) is 6.05. The summed E-state index contributed by atoms with van der Waals surface area (Å²) in [5.41, 5.74) is 3.45. The molecule has 1 heterocycles. The van der Waals surface area contributed by atoms with Gasteiger partial charge in [-0.15, -0.1) is 0 Å². The van der Waals surface area contributed by atoms with Crippen LogP contribution in [0.3, 0.4) is 0 Å². The first kappa shape index (κ1) is 18.9. The van der Waals surface area contributed by atoms with Crippen LogP contribution in [0.15, 0.2) is 74.7 Å². The van der Waals surface area contributed by atoms with Crippen LogP contribution in [0.4, 0.5) is 5.69 Å². The predicted octanol–water partition coefficient (Wildman–Crippen LogP) is 4.45. The second kappa shape index (κ2) is 8.66. The molecule has 3 aromatic rings. The minimum absolute atomic E-state index is 0.413. The van der Waals surface area contributed by atoms with Crippen LogP contribution in [0, 0.1) is 0 Å². The van der Waals surface area contributed by atoms with Gasteiger partial charge in [0.15, 0.2) is 0 Å². The van der Waals surface area contributed by atoms with E-state index in [0.29, 0.717) is 26.7 Å². The highest BCUT2D eigenvalue weighted by molar-refractivity contribution is 9.10. The maximum atomic E-state index is 11.9. The molecule has 0 unspecified atom stereocenters. The first-order valence-corrected chi connectivity index (χ1v) is 8.95. The topological polar surface area (TPSA) is 83.7 Å². The third-order valence-electron chi connectivity index (χ3n) is 3.42. The van der Waals surface area contributed by atoms with Gasteiger partial charge in [0.2, 0.25) is 0 Å². The molecule has 0 aliphatic rings. The molecule has 1 aromatic heterocycles. The lowest BCUT2D eigenvalue weighted by Gasteiger charge is -2.05. The Labute approximate surface area is 168 Å². The highest BCUT2D eigenvalue weighted by atomic mass is 79.9. The molecule has 0 fully saturated rings. The van der Waals surface area contributed by atoms with E-state index in [1.54, 1.807) is 48.5 Å². The monoisotopic (exact) mass is 445 g/mol. The molecule has 0 aliphatic carbocycles. The summed E-state index contributed by atoms with van der Waals surface area (Å²) in [7, 11) is 0. The number of carbonyl (C=O) groups is 2. The van der Waals surface area contributed by atoms with E-state index < -0.39 is 11.8 Å². The van der Waals surface area contributed by atoms with Gasteiger partial charge in [-0.25, -0.2) is 5.43 Å². The number of hydrogen-bond donors (Lipinski definition) is 2. The first-order chi connectivity index (χ1) is 13.0. The van der Waals surface area contributed by atoms with Crippen molar-refractivity contribution in [2.75, 3.05) is 5.32 Å². The van der Waals surface area contributed by atoms with E-state index >= 15 is 0 Å². The average molecular weight is 447 g/mol. The minimum Gasteiger partial charge on any atom is -0.455 e. The molecular formula is C19H13BrClN3O3. The summed E-state index contributed by atoms with van der Waals surface area (Å²) in [6.45, 7) is 0. The fourth-order valence-electron chi connectivity index (χ4n) is 2.17. The predicted molar refractivity (Wildman–Crippen MR) is 108 cm³/mol. The van der Waals surface area contributed by atoms with Crippen molar-refractivity contribution < 1.29 is 14.0 Å². The van der Waals surface area contributed by atoms with Crippen LogP contribution in [-0.2, 0) is 9.59 Å². The van der Waals surface area contributed by atoms with Crippen LogP contribution in [0.25, 0.3) is 11.3 Å². The number of amides is 2. The van der Waals surface area contributed by atoms with Crippen LogP contribution < -0.4 is 10.7 Å². The number of nitrogens with zero attached hydrogens (tertiary/aromatic N) is 1. The number of benzene rings is 2. The number of hydrazone groups is 1. The lowest BCUT2D eigenvalue weighted by Crippen LogP contribution is -2.32. The normalized spacial score (nSPS) is 10.7. The van der Waals surface area contributed by atoms with Crippen LogP contribution >= 0.6 is 27.5 Å². The Morgan fingerprint density at radius 2 is 1.85 bits per heavy atom. The summed E-state index contributed by atoms with van der Waals surface area (Å²) in [6, 6.07) is 17.6. The molecule has 6 nitrogen and oxygen atoms in total. The lowest BCUT2D eigenvalue weighted by molar-refractivity contribution is -0.136. The molecule has 0 radical (unpaired) electrons. The molecule has 0 saturated carbocycles. The summed E-state index contributed by atoms with van der Waals surface area (Å²) in [5.74, 6) is -0.713. The highest BCUT2D eigenvalue weighted by Crippen LogP contribution is 2.24. The number of rotatable bonds is 4. The molecule has 0 bridgehead atoms. The summed E-state index contributed by atoms with van der Waals surface area (Å²) < 4.78 is 6.28. The zero-order valence-corrected chi connectivity index (χ0v) is 16.1. The number of para-hydroxylation sites is 1. The minimum atomic E-state index is -0.899. The second-order valence-electron chi connectivity index (χ2n) is 5.35. The Hall–Kier alpha value is -2.90. The van der Waals surface area contributed by atoms with Crippen molar-refractivity contribution in [3.05, 3.63) is 75.9 Å². The van der Waals surface area contributed by atoms with Gasteiger partial charge in [0.1, 0.15) is 11.5 Å². The summed E-state index contributed by atoms with van der Waals surface area (Å²) >= 11 is 9.25. The smallest absolute Gasteiger partial charge is 0.329 e. The standard InChI is InChI=1S/C19H13BrClN3O3/c20-15-6-1-2-7-16(15)23-18(25)19(26)24-22-11-14-8-9-17(27-14)12-4-3-5-13(21)10-12/h1-11H,(H,23,25)(H,24,26)/b22-11+. The van der Waals surface area contributed by atoms with E-state index in [1.165, 1.54) is 6.21 Å². The van der Waals surface area contributed by atoms with Crippen LogP contribution in [0.1, 0.15) is 5.76 Å². The molecule has 136 valence electrons. The third-order valence-corrected chi connectivity index (χ3v) is 4.35. The summed E-state index contributed by atoms with van der Waals surface area (Å²) in [4.78, 5) is 23.7. The van der Waals surface area contributed by atoms with Gasteiger partial charge in [-0.3, -0.25) is 9.59 Å². The second-order valence-corrected chi connectivity index (χ2v) is 6.64. The maximum Gasteiger partial charge on any atom is 0.329 e. The zero-order chi connectivity index (χ0) is 19.2. The molecule has 2 aromatic carbocycles. The van der Waals surface area contributed by atoms with Gasteiger partial charge in [0.05, 0.1) is 11.9 Å². The van der Waals surface area contributed by atoms with Crippen molar-refractivity contribution >= 4 is 51.2 Å². The maximum absolute atomic E-state index is 11.9. The van der Waals surface area contributed by atoms with E-state index in [9.17, 15) is 9.59 Å². The highest BCUT2D eigenvalue weighted by Gasteiger charge is 2.14. The number of nitrogens with one attached hydrogen (secondary N) is 2. The van der Waals surface area contributed by atoms with Crippen molar-refractivity contribution in [1.82, 2.24) is 5.43 Å². The Morgan fingerprint density at radius 3 is 2.63 bits per heavy atom. The fourth-order valence-corrected chi connectivity index (χ4v) is 2.74. The van der Waals surface area contributed by atoms with E-state index in [2.05, 4.69) is 31.8 Å². The Morgan fingerprint density at radius 1 is 1.04 bits per heavy atom. The van der Waals surface area contributed by atoms with Crippen LogP contribution in [0.2, 0.25) is 5.02 Å². The number of hydrogen-bond acceptors (Lipinski definition) is 4. The van der Waals surface area contributed by atoms with Gasteiger partial charge < -0.3 is 9.73 Å². The zero-order valence-electron chi connectivity index (χ0n) is 13.8. The summed E-state index contributed by atoms with van der Waals surface area (Å²) in [6.07, 6.45) is 1.30. The Bertz CT molecular complexity index is 1020. The largest absolute Gasteiger partial charge is 0.455 e. The van der Waals surface area contributed by atoms with E-state index in [0.717, 1.165) is 5.56 Å². The third kappa shape index (κ3) is 5.06. The van der Waals surface area contributed by atoms with E-state index in [1.807, 2.05) is 12.1 Å². The van der Waals surface area contributed by atoms with Crippen molar-refractivity contribution in [1.29, 1.82) is 0 Å². The van der Waals surface area contributed by atoms with Crippen molar-refractivity contribution in [2.45, 2.75) is 0 Å². The number of halogens is 2. The number of anilines is 1. The van der Waals surface area contributed by atoms with Gasteiger partial charge in [-0.05, 0) is 52.3 Å². The van der Waals surface area contributed by atoms with Crippen LogP contribution in [-0.4, -0.2) is 18.0 Å². The molecule has 2 amide bonds.